The van der Waals surface area contributed by atoms with Crippen molar-refractivity contribution in [2.75, 3.05) is 12.4 Å². The van der Waals surface area contributed by atoms with Crippen molar-refractivity contribution >= 4 is 28.5 Å². The molecule has 1 heterocycles. The quantitative estimate of drug-likeness (QED) is 0.871. The molecule has 98 valence electrons. The van der Waals surface area contributed by atoms with Crippen LogP contribution in [0.2, 0.25) is 0 Å². The van der Waals surface area contributed by atoms with Crippen molar-refractivity contribution in [3.63, 3.8) is 0 Å². The number of benzene rings is 1. The number of anilines is 1. The predicted molar refractivity (Wildman–Crippen MR) is 77.5 cm³/mol. The molecule has 5 heteroatoms. The van der Waals surface area contributed by atoms with E-state index in [-0.39, 0.29) is 5.91 Å². The van der Waals surface area contributed by atoms with Crippen LogP contribution in [0.3, 0.4) is 0 Å². The Labute approximate surface area is 115 Å². The first-order valence-corrected chi connectivity index (χ1v) is 6.60. The van der Waals surface area contributed by atoms with E-state index in [2.05, 4.69) is 10.3 Å². The highest BCUT2D eigenvalue weighted by Gasteiger charge is 2.02. The number of thiazole rings is 1. The number of aryl methyl sites for hydroxylation is 1. The lowest BCUT2D eigenvalue weighted by atomic mass is 10.1. The van der Waals surface area contributed by atoms with E-state index in [0.717, 1.165) is 16.9 Å². The Morgan fingerprint density at radius 2 is 2.32 bits per heavy atom. The summed E-state index contributed by atoms with van der Waals surface area (Å²) in [5.41, 5.74) is 1.98. The minimum atomic E-state index is -0.210. The lowest BCUT2D eigenvalue weighted by molar-refractivity contribution is -0.111. The number of aromatic nitrogens is 1. The van der Waals surface area contributed by atoms with Gasteiger partial charge >= 0.3 is 0 Å². The maximum absolute atomic E-state index is 11.7. The molecular weight excluding hydrogens is 260 g/mol. The van der Waals surface area contributed by atoms with Gasteiger partial charge in [0.1, 0.15) is 5.75 Å². The second-order valence-corrected chi connectivity index (χ2v) is 4.80. The zero-order valence-corrected chi connectivity index (χ0v) is 11.5. The number of carbonyl (C=O) groups is 1. The first kappa shape index (κ1) is 13.3. The predicted octanol–water partition coefficient (Wildman–Crippen LogP) is 3.11. The van der Waals surface area contributed by atoms with Gasteiger partial charge < -0.3 is 4.74 Å². The Morgan fingerprint density at radius 3 is 3.00 bits per heavy atom. The summed E-state index contributed by atoms with van der Waals surface area (Å²) in [5, 5.41) is 5.08. The molecule has 0 saturated heterocycles. The van der Waals surface area contributed by atoms with Crippen molar-refractivity contribution in [3.8, 4) is 5.75 Å². The van der Waals surface area contributed by atoms with Crippen molar-refractivity contribution in [3.05, 3.63) is 47.0 Å². The largest absolute Gasteiger partial charge is 0.496 e. The minimum Gasteiger partial charge on any atom is -0.496 e. The van der Waals surface area contributed by atoms with E-state index in [1.54, 1.807) is 19.4 Å². The number of nitrogens with one attached hydrogen (secondary N) is 1. The summed E-state index contributed by atoms with van der Waals surface area (Å²) in [5.74, 6) is 0.530. The van der Waals surface area contributed by atoms with Crippen LogP contribution in [0.25, 0.3) is 6.08 Å². The standard InChI is InChI=1S/C14H14N2O2S/c1-10-3-5-12(18-2)11(9-10)4-6-13(17)16-14-15-7-8-19-14/h3-9H,1-2H3,(H,15,16,17). The number of hydrogen-bond donors (Lipinski definition) is 1. The topological polar surface area (TPSA) is 51.2 Å². The summed E-state index contributed by atoms with van der Waals surface area (Å²) in [6.07, 6.45) is 4.85. The Morgan fingerprint density at radius 1 is 1.47 bits per heavy atom. The molecule has 0 unspecified atom stereocenters. The third kappa shape index (κ3) is 3.66. The van der Waals surface area contributed by atoms with Crippen LogP contribution in [-0.2, 0) is 4.79 Å². The monoisotopic (exact) mass is 274 g/mol. The summed E-state index contributed by atoms with van der Waals surface area (Å²) in [6.45, 7) is 1.99. The second-order valence-electron chi connectivity index (χ2n) is 3.91. The van der Waals surface area contributed by atoms with E-state index in [1.165, 1.54) is 17.4 Å². The number of rotatable bonds is 4. The van der Waals surface area contributed by atoms with Crippen LogP contribution in [0.5, 0.6) is 5.75 Å². The van der Waals surface area contributed by atoms with Crippen molar-refractivity contribution in [1.29, 1.82) is 0 Å². The Bertz CT molecular complexity index is 591. The van der Waals surface area contributed by atoms with Gasteiger partial charge in [-0.25, -0.2) is 4.98 Å². The van der Waals surface area contributed by atoms with Crippen molar-refractivity contribution in [1.82, 2.24) is 4.98 Å². The molecule has 2 aromatic rings. The molecule has 1 amide bonds. The average molecular weight is 274 g/mol. The number of amides is 1. The van der Waals surface area contributed by atoms with Crippen LogP contribution >= 0.6 is 11.3 Å². The van der Waals surface area contributed by atoms with E-state index in [0.29, 0.717) is 5.13 Å². The van der Waals surface area contributed by atoms with Gasteiger partial charge in [-0.05, 0) is 25.1 Å². The molecule has 1 N–H and O–H groups in total. The van der Waals surface area contributed by atoms with E-state index in [1.807, 2.05) is 30.5 Å². The lowest BCUT2D eigenvalue weighted by Crippen LogP contribution is -2.07. The van der Waals surface area contributed by atoms with Gasteiger partial charge in [-0.15, -0.1) is 11.3 Å². The van der Waals surface area contributed by atoms with Crippen molar-refractivity contribution < 1.29 is 9.53 Å². The highest BCUT2D eigenvalue weighted by molar-refractivity contribution is 7.13. The number of nitrogens with zero attached hydrogens (tertiary/aromatic N) is 1. The van der Waals surface area contributed by atoms with Crippen LogP contribution in [0.1, 0.15) is 11.1 Å². The normalized spacial score (nSPS) is 10.6. The zero-order valence-electron chi connectivity index (χ0n) is 10.7. The molecule has 0 aliphatic carbocycles. The highest BCUT2D eigenvalue weighted by Crippen LogP contribution is 2.21. The zero-order chi connectivity index (χ0) is 13.7. The third-order valence-electron chi connectivity index (χ3n) is 2.46. The number of ether oxygens (including phenoxy) is 1. The molecule has 19 heavy (non-hydrogen) atoms. The van der Waals surface area contributed by atoms with Gasteiger partial charge in [0, 0.05) is 23.2 Å². The molecular formula is C14H14N2O2S. The highest BCUT2D eigenvalue weighted by atomic mass is 32.1. The molecule has 0 aliphatic rings. The van der Waals surface area contributed by atoms with Crippen molar-refractivity contribution in [2.24, 2.45) is 0 Å². The molecule has 4 nitrogen and oxygen atoms in total. The Kier molecular flexibility index (Phi) is 4.30. The molecule has 0 fully saturated rings. The van der Waals surface area contributed by atoms with E-state index in [9.17, 15) is 4.79 Å². The van der Waals surface area contributed by atoms with E-state index >= 15 is 0 Å². The van der Waals surface area contributed by atoms with Gasteiger partial charge in [-0.1, -0.05) is 11.6 Å². The fraction of sp³-hybridized carbons (Fsp3) is 0.143. The number of carbonyl (C=O) groups excluding carboxylic acids is 1. The SMILES string of the molecule is COc1ccc(C)cc1C=CC(=O)Nc1nccs1. The van der Waals surface area contributed by atoms with Crippen LogP contribution in [0.4, 0.5) is 5.13 Å². The van der Waals surface area contributed by atoms with Gasteiger partial charge in [0.15, 0.2) is 5.13 Å². The fourth-order valence-corrected chi connectivity index (χ4v) is 2.11. The van der Waals surface area contributed by atoms with Crippen LogP contribution in [-0.4, -0.2) is 18.0 Å². The minimum absolute atomic E-state index is 0.210. The first-order chi connectivity index (χ1) is 9.19. The fourth-order valence-electron chi connectivity index (χ4n) is 1.58. The Hall–Kier alpha value is -2.14. The van der Waals surface area contributed by atoms with Crippen LogP contribution in [0.15, 0.2) is 35.9 Å². The molecule has 0 spiro atoms. The molecule has 0 radical (unpaired) electrons. The smallest absolute Gasteiger partial charge is 0.250 e. The molecule has 1 aromatic heterocycles. The van der Waals surface area contributed by atoms with E-state index in [4.69, 9.17) is 4.74 Å². The molecule has 0 atom stereocenters. The molecule has 2 rings (SSSR count). The number of methoxy groups -OCH3 is 1. The third-order valence-corrected chi connectivity index (χ3v) is 3.15. The van der Waals surface area contributed by atoms with Gasteiger partial charge in [0.25, 0.3) is 0 Å². The van der Waals surface area contributed by atoms with Gasteiger partial charge in [-0.3, -0.25) is 10.1 Å². The molecule has 0 bridgehead atoms. The second kappa shape index (κ2) is 6.15. The van der Waals surface area contributed by atoms with Crippen LogP contribution in [0, 0.1) is 6.92 Å². The molecule has 0 saturated carbocycles. The van der Waals surface area contributed by atoms with Gasteiger partial charge in [0.05, 0.1) is 7.11 Å². The van der Waals surface area contributed by atoms with Crippen LogP contribution < -0.4 is 10.1 Å². The summed E-state index contributed by atoms with van der Waals surface area (Å²) < 4.78 is 5.25. The molecule has 1 aromatic carbocycles. The van der Waals surface area contributed by atoms with Gasteiger partial charge in [0.2, 0.25) is 5.91 Å². The average Bonchev–Trinajstić information content (AvgIpc) is 2.89. The van der Waals surface area contributed by atoms with Gasteiger partial charge in [-0.2, -0.15) is 0 Å². The molecule has 0 aliphatic heterocycles. The summed E-state index contributed by atoms with van der Waals surface area (Å²) >= 11 is 1.38. The Balaban J connectivity index is 2.09. The summed E-state index contributed by atoms with van der Waals surface area (Å²) in [6, 6.07) is 5.81. The van der Waals surface area contributed by atoms with Crippen molar-refractivity contribution in [2.45, 2.75) is 6.92 Å². The first-order valence-electron chi connectivity index (χ1n) is 5.72. The lowest BCUT2D eigenvalue weighted by Gasteiger charge is -2.05. The summed E-state index contributed by atoms with van der Waals surface area (Å²) in [4.78, 5) is 15.7. The maximum Gasteiger partial charge on any atom is 0.250 e. The summed E-state index contributed by atoms with van der Waals surface area (Å²) in [7, 11) is 1.61. The maximum atomic E-state index is 11.7. The number of hydrogen-bond acceptors (Lipinski definition) is 4. The van der Waals surface area contributed by atoms with E-state index < -0.39 is 0 Å².